The Hall–Kier alpha value is -0.140. The van der Waals surface area contributed by atoms with Crippen LogP contribution in [0.4, 0.5) is 0 Å². The van der Waals surface area contributed by atoms with Gasteiger partial charge < -0.3 is 5.11 Å². The summed E-state index contributed by atoms with van der Waals surface area (Å²) in [6.07, 6.45) is 4.20. The van der Waals surface area contributed by atoms with Gasteiger partial charge in [0, 0.05) is 11.0 Å². The van der Waals surface area contributed by atoms with E-state index in [1.165, 1.54) is 12.1 Å². The molecule has 0 radical (unpaired) electrons. The van der Waals surface area contributed by atoms with Crippen LogP contribution < -0.4 is 4.72 Å². The average molecular weight is 383 g/mol. The fourth-order valence-electron chi connectivity index (χ4n) is 2.39. The molecule has 0 heterocycles. The zero-order valence-corrected chi connectivity index (χ0v) is 14.1. The Bertz CT molecular complexity index is 585. The molecule has 1 aromatic rings. The van der Waals surface area contributed by atoms with Crippen LogP contribution in [0.15, 0.2) is 27.6 Å². The van der Waals surface area contributed by atoms with E-state index in [1.54, 1.807) is 6.07 Å². The van der Waals surface area contributed by atoms with Gasteiger partial charge in [-0.15, -0.1) is 0 Å². The highest BCUT2D eigenvalue weighted by Crippen LogP contribution is 2.29. The lowest BCUT2D eigenvalue weighted by atomic mass is 9.85. The molecule has 4 nitrogen and oxygen atoms in total. The molecule has 0 aromatic heterocycles. The third kappa shape index (κ3) is 3.95. The number of aliphatic hydroxyl groups is 1. The maximum absolute atomic E-state index is 12.2. The first kappa shape index (κ1) is 16.2. The molecule has 1 fully saturated rings. The van der Waals surface area contributed by atoms with Crippen LogP contribution in [0.3, 0.4) is 0 Å². The highest BCUT2D eigenvalue weighted by molar-refractivity contribution is 9.10. The second-order valence-electron chi connectivity index (χ2n) is 5.18. The Morgan fingerprint density at radius 3 is 2.55 bits per heavy atom. The molecule has 1 aromatic carbocycles. The zero-order chi connectivity index (χ0) is 14.8. The van der Waals surface area contributed by atoms with Crippen LogP contribution in [-0.4, -0.2) is 25.7 Å². The molecule has 0 amide bonds. The number of sulfonamides is 1. The SMILES string of the molecule is O=S(=O)(NCC1(O)CCCCC1)c1ccc(Br)cc1Cl. The largest absolute Gasteiger partial charge is 0.389 e. The molecule has 0 aliphatic heterocycles. The van der Waals surface area contributed by atoms with Crippen molar-refractivity contribution in [3.63, 3.8) is 0 Å². The summed E-state index contributed by atoms with van der Waals surface area (Å²) < 4.78 is 27.6. The lowest BCUT2D eigenvalue weighted by Gasteiger charge is -2.32. The molecule has 1 aliphatic carbocycles. The number of nitrogens with one attached hydrogen (secondary N) is 1. The van der Waals surface area contributed by atoms with Gasteiger partial charge in [-0.1, -0.05) is 46.8 Å². The van der Waals surface area contributed by atoms with Crippen LogP contribution >= 0.6 is 27.5 Å². The molecule has 0 atom stereocenters. The van der Waals surface area contributed by atoms with E-state index in [4.69, 9.17) is 11.6 Å². The number of hydrogen-bond donors (Lipinski definition) is 2. The maximum atomic E-state index is 12.2. The summed E-state index contributed by atoms with van der Waals surface area (Å²) in [5, 5.41) is 10.5. The van der Waals surface area contributed by atoms with Gasteiger partial charge in [0.2, 0.25) is 10.0 Å². The summed E-state index contributed by atoms with van der Waals surface area (Å²) in [5.74, 6) is 0. The molecular weight excluding hydrogens is 366 g/mol. The molecule has 20 heavy (non-hydrogen) atoms. The Kier molecular flexibility index (Phi) is 5.13. The molecular formula is C13H17BrClNO3S. The molecule has 2 N–H and O–H groups in total. The van der Waals surface area contributed by atoms with Crippen molar-refractivity contribution in [1.29, 1.82) is 0 Å². The normalized spacial score (nSPS) is 18.9. The quantitative estimate of drug-likeness (QED) is 0.841. The summed E-state index contributed by atoms with van der Waals surface area (Å²) in [6, 6.07) is 4.60. The molecule has 0 unspecified atom stereocenters. The standard InChI is InChI=1S/C13H17BrClNO3S/c14-10-4-5-12(11(15)8-10)20(18,19)16-9-13(17)6-2-1-3-7-13/h4-5,8,16-17H,1-3,6-7,9H2. The van der Waals surface area contributed by atoms with Gasteiger partial charge in [0.15, 0.2) is 0 Å². The Labute approximate surface area is 132 Å². The molecule has 112 valence electrons. The monoisotopic (exact) mass is 381 g/mol. The Balaban J connectivity index is 2.11. The molecule has 1 saturated carbocycles. The lowest BCUT2D eigenvalue weighted by Crippen LogP contribution is -2.44. The number of rotatable bonds is 4. The van der Waals surface area contributed by atoms with Crippen molar-refractivity contribution in [3.05, 3.63) is 27.7 Å². The van der Waals surface area contributed by atoms with Gasteiger partial charge in [0.25, 0.3) is 0 Å². The van der Waals surface area contributed by atoms with Gasteiger partial charge in [-0.2, -0.15) is 0 Å². The third-order valence-electron chi connectivity index (χ3n) is 3.56. The fourth-order valence-corrected chi connectivity index (χ4v) is 4.54. The van der Waals surface area contributed by atoms with Crippen molar-refractivity contribution in [2.24, 2.45) is 0 Å². The second kappa shape index (κ2) is 6.32. The number of halogens is 2. The minimum atomic E-state index is -3.71. The van der Waals surface area contributed by atoms with E-state index in [2.05, 4.69) is 20.7 Å². The van der Waals surface area contributed by atoms with Crippen molar-refractivity contribution in [2.75, 3.05) is 6.54 Å². The van der Waals surface area contributed by atoms with Crippen LogP contribution in [-0.2, 0) is 10.0 Å². The minimum absolute atomic E-state index is 0.0294. The zero-order valence-electron chi connectivity index (χ0n) is 10.9. The van der Waals surface area contributed by atoms with Gasteiger partial charge in [-0.05, 0) is 31.0 Å². The highest BCUT2D eigenvalue weighted by Gasteiger charge is 2.31. The van der Waals surface area contributed by atoms with Crippen LogP contribution in [0.25, 0.3) is 0 Å². The first-order chi connectivity index (χ1) is 9.32. The van der Waals surface area contributed by atoms with E-state index in [0.29, 0.717) is 17.3 Å². The van der Waals surface area contributed by atoms with Crippen molar-refractivity contribution in [1.82, 2.24) is 4.72 Å². The molecule has 7 heteroatoms. The number of hydrogen-bond acceptors (Lipinski definition) is 3. The molecule has 0 spiro atoms. The molecule has 0 saturated heterocycles. The van der Waals surface area contributed by atoms with Crippen LogP contribution in [0.1, 0.15) is 32.1 Å². The van der Waals surface area contributed by atoms with E-state index in [0.717, 1.165) is 19.3 Å². The number of benzene rings is 1. The van der Waals surface area contributed by atoms with Crippen molar-refractivity contribution in [3.8, 4) is 0 Å². The van der Waals surface area contributed by atoms with Crippen molar-refractivity contribution < 1.29 is 13.5 Å². The van der Waals surface area contributed by atoms with E-state index in [-0.39, 0.29) is 16.5 Å². The van der Waals surface area contributed by atoms with E-state index < -0.39 is 15.6 Å². The van der Waals surface area contributed by atoms with Gasteiger partial charge in [0.05, 0.1) is 10.6 Å². The van der Waals surface area contributed by atoms with Crippen LogP contribution in [0.2, 0.25) is 5.02 Å². The topological polar surface area (TPSA) is 66.4 Å². The van der Waals surface area contributed by atoms with Gasteiger partial charge in [0.1, 0.15) is 4.90 Å². The average Bonchev–Trinajstić information content (AvgIpc) is 2.37. The fraction of sp³-hybridized carbons (Fsp3) is 0.538. The minimum Gasteiger partial charge on any atom is -0.389 e. The Morgan fingerprint density at radius 1 is 1.30 bits per heavy atom. The summed E-state index contributed by atoms with van der Waals surface area (Å²) in [4.78, 5) is 0.0294. The van der Waals surface area contributed by atoms with Gasteiger partial charge >= 0.3 is 0 Å². The third-order valence-corrected chi connectivity index (χ3v) is 5.94. The van der Waals surface area contributed by atoms with E-state index in [1.807, 2.05) is 0 Å². The van der Waals surface area contributed by atoms with Gasteiger partial charge in [-0.25, -0.2) is 13.1 Å². The lowest BCUT2D eigenvalue weighted by molar-refractivity contribution is 0.00945. The molecule has 0 bridgehead atoms. The Morgan fingerprint density at radius 2 is 1.95 bits per heavy atom. The first-order valence-electron chi connectivity index (χ1n) is 6.50. The van der Waals surface area contributed by atoms with E-state index >= 15 is 0 Å². The first-order valence-corrected chi connectivity index (χ1v) is 9.15. The highest BCUT2D eigenvalue weighted by atomic mass is 79.9. The smallest absolute Gasteiger partial charge is 0.242 e. The van der Waals surface area contributed by atoms with E-state index in [9.17, 15) is 13.5 Å². The van der Waals surface area contributed by atoms with Crippen molar-refractivity contribution in [2.45, 2.75) is 42.6 Å². The van der Waals surface area contributed by atoms with Gasteiger partial charge in [-0.3, -0.25) is 0 Å². The molecule has 1 aliphatic rings. The maximum Gasteiger partial charge on any atom is 0.242 e. The summed E-state index contributed by atoms with van der Waals surface area (Å²) in [7, 11) is -3.71. The molecule has 2 rings (SSSR count). The summed E-state index contributed by atoms with van der Waals surface area (Å²) in [6.45, 7) is 0.0295. The summed E-state index contributed by atoms with van der Waals surface area (Å²) in [5.41, 5.74) is -0.937. The predicted molar refractivity (Wildman–Crippen MR) is 82.4 cm³/mol. The van der Waals surface area contributed by atoms with Crippen LogP contribution in [0, 0.1) is 0 Å². The predicted octanol–water partition coefficient (Wildman–Crippen LogP) is 3.08. The summed E-state index contributed by atoms with van der Waals surface area (Å²) >= 11 is 9.19. The van der Waals surface area contributed by atoms with Crippen LogP contribution in [0.5, 0.6) is 0 Å². The second-order valence-corrected chi connectivity index (χ2v) is 8.24. The van der Waals surface area contributed by atoms with Crippen molar-refractivity contribution >= 4 is 37.6 Å².